The van der Waals surface area contributed by atoms with Gasteiger partial charge in [0.25, 0.3) is 0 Å². The highest BCUT2D eigenvalue weighted by molar-refractivity contribution is 5.68. The van der Waals surface area contributed by atoms with E-state index in [0.717, 1.165) is 11.1 Å². The van der Waals surface area contributed by atoms with Gasteiger partial charge >= 0.3 is 6.09 Å². The highest BCUT2D eigenvalue weighted by atomic mass is 19.1. The molecule has 0 unspecified atom stereocenters. The molecule has 4 nitrogen and oxygen atoms in total. The predicted octanol–water partition coefficient (Wildman–Crippen LogP) is 4.34. The van der Waals surface area contributed by atoms with Crippen LogP contribution < -0.4 is 0 Å². The summed E-state index contributed by atoms with van der Waals surface area (Å²) in [4.78, 5) is 14.2. The van der Waals surface area contributed by atoms with Crippen molar-refractivity contribution in [2.45, 2.75) is 45.8 Å². The Bertz CT molecular complexity index is 755. The quantitative estimate of drug-likeness (QED) is 0.785. The Balaban J connectivity index is 2.15. The summed E-state index contributed by atoms with van der Waals surface area (Å²) >= 11 is 0. The molecule has 0 fully saturated rings. The van der Waals surface area contributed by atoms with Crippen molar-refractivity contribution in [2.24, 2.45) is 0 Å². The van der Waals surface area contributed by atoms with E-state index in [1.807, 2.05) is 45.0 Å². The molecule has 146 valence electrons. The first-order valence-corrected chi connectivity index (χ1v) is 9.18. The second-order valence-electron chi connectivity index (χ2n) is 7.54. The first kappa shape index (κ1) is 20.9. The molecule has 0 aliphatic carbocycles. The Morgan fingerprint density at radius 3 is 2.44 bits per heavy atom. The van der Waals surface area contributed by atoms with E-state index in [9.17, 15) is 9.18 Å². The van der Waals surface area contributed by atoms with Crippen LogP contribution in [-0.2, 0) is 24.1 Å². The van der Waals surface area contributed by atoms with E-state index in [2.05, 4.69) is 0 Å². The van der Waals surface area contributed by atoms with Crippen molar-refractivity contribution in [3.63, 3.8) is 0 Å². The number of carbonyl (C=O) groups is 1. The van der Waals surface area contributed by atoms with Gasteiger partial charge in [0.15, 0.2) is 0 Å². The summed E-state index contributed by atoms with van der Waals surface area (Å²) in [6.45, 7) is 6.25. The number of rotatable bonds is 7. The van der Waals surface area contributed by atoms with Crippen molar-refractivity contribution in [3.05, 3.63) is 71.0 Å². The summed E-state index contributed by atoms with van der Waals surface area (Å²) < 4.78 is 19.4. The van der Waals surface area contributed by atoms with Crippen molar-refractivity contribution in [3.8, 4) is 0 Å². The topological polar surface area (TPSA) is 49.8 Å². The van der Waals surface area contributed by atoms with E-state index in [-0.39, 0.29) is 12.4 Å². The Kier molecular flexibility index (Phi) is 7.36. The molecular weight excluding hydrogens is 345 g/mol. The van der Waals surface area contributed by atoms with Crippen LogP contribution in [0, 0.1) is 5.82 Å². The number of ether oxygens (including phenoxy) is 1. The molecule has 1 amide bonds. The van der Waals surface area contributed by atoms with Crippen LogP contribution in [0.15, 0.2) is 48.5 Å². The van der Waals surface area contributed by atoms with Crippen molar-refractivity contribution in [1.29, 1.82) is 0 Å². The number of carbonyl (C=O) groups excluding carboxylic acids is 1. The summed E-state index contributed by atoms with van der Waals surface area (Å²) in [5.41, 5.74) is 1.92. The van der Waals surface area contributed by atoms with E-state index < -0.39 is 11.7 Å². The van der Waals surface area contributed by atoms with Gasteiger partial charge in [0.2, 0.25) is 0 Å². The summed E-state index contributed by atoms with van der Waals surface area (Å²) in [6.07, 6.45) is 0.545. The lowest BCUT2D eigenvalue weighted by atomic mass is 10.1. The minimum atomic E-state index is -0.605. The maximum Gasteiger partial charge on any atom is 0.410 e. The number of benzene rings is 2. The molecule has 0 aliphatic rings. The van der Waals surface area contributed by atoms with Gasteiger partial charge in [0, 0.05) is 19.7 Å². The lowest BCUT2D eigenvalue weighted by Gasteiger charge is -2.27. The Morgan fingerprint density at radius 1 is 1.07 bits per heavy atom. The third-order valence-electron chi connectivity index (χ3n) is 4.03. The van der Waals surface area contributed by atoms with Crippen LogP contribution in [0.5, 0.6) is 0 Å². The average Bonchev–Trinajstić information content (AvgIpc) is 2.59. The zero-order valence-corrected chi connectivity index (χ0v) is 16.2. The van der Waals surface area contributed by atoms with Gasteiger partial charge < -0.3 is 14.7 Å². The number of aliphatic hydroxyl groups excluding tert-OH is 1. The third kappa shape index (κ3) is 7.02. The third-order valence-corrected chi connectivity index (χ3v) is 4.03. The smallest absolute Gasteiger partial charge is 0.410 e. The number of amides is 1. The first-order valence-electron chi connectivity index (χ1n) is 9.18. The highest BCUT2D eigenvalue weighted by Crippen LogP contribution is 2.16. The fourth-order valence-corrected chi connectivity index (χ4v) is 2.75. The molecular formula is C22H28FNO3. The van der Waals surface area contributed by atoms with Gasteiger partial charge in [-0.2, -0.15) is 0 Å². The van der Waals surface area contributed by atoms with Crippen LogP contribution in [0.1, 0.15) is 37.5 Å². The molecule has 0 aromatic heterocycles. The number of halogens is 1. The van der Waals surface area contributed by atoms with E-state index in [1.54, 1.807) is 23.1 Å². The molecule has 0 saturated carbocycles. The van der Waals surface area contributed by atoms with Gasteiger partial charge in [0.05, 0.1) is 0 Å². The fraction of sp³-hybridized carbons (Fsp3) is 0.409. The second-order valence-corrected chi connectivity index (χ2v) is 7.54. The van der Waals surface area contributed by atoms with E-state index in [1.165, 1.54) is 6.07 Å². The Hall–Kier alpha value is -2.40. The van der Waals surface area contributed by atoms with Crippen LogP contribution in [0.3, 0.4) is 0 Å². The lowest BCUT2D eigenvalue weighted by Crippen LogP contribution is -2.37. The zero-order chi connectivity index (χ0) is 19.9. The summed E-state index contributed by atoms with van der Waals surface area (Å²) in [7, 11) is 0. The predicted molar refractivity (Wildman–Crippen MR) is 104 cm³/mol. The summed E-state index contributed by atoms with van der Waals surface area (Å²) in [5.74, 6) is -0.272. The van der Waals surface area contributed by atoms with E-state index in [0.29, 0.717) is 31.5 Å². The minimum absolute atomic E-state index is 0.0759. The molecule has 0 aliphatic heterocycles. The normalized spacial score (nSPS) is 11.3. The number of nitrogens with zero attached hydrogens (tertiary/aromatic N) is 1. The van der Waals surface area contributed by atoms with Crippen LogP contribution in [0.25, 0.3) is 0 Å². The molecule has 0 radical (unpaired) electrons. The molecule has 1 N–H and O–H groups in total. The number of hydrogen-bond donors (Lipinski definition) is 1. The lowest BCUT2D eigenvalue weighted by molar-refractivity contribution is 0.0235. The minimum Gasteiger partial charge on any atom is -0.444 e. The monoisotopic (exact) mass is 373 g/mol. The van der Waals surface area contributed by atoms with Gasteiger partial charge in [-0.3, -0.25) is 0 Å². The zero-order valence-electron chi connectivity index (χ0n) is 16.2. The number of hydrogen-bond acceptors (Lipinski definition) is 3. The molecule has 0 heterocycles. The van der Waals surface area contributed by atoms with Crippen LogP contribution in [0.4, 0.5) is 9.18 Å². The maximum atomic E-state index is 13.9. The maximum absolute atomic E-state index is 13.9. The van der Waals surface area contributed by atoms with E-state index in [4.69, 9.17) is 9.84 Å². The van der Waals surface area contributed by atoms with Gasteiger partial charge in [0.1, 0.15) is 11.4 Å². The largest absolute Gasteiger partial charge is 0.444 e. The summed E-state index contributed by atoms with van der Waals surface area (Å²) in [5, 5.41) is 9.12. The van der Waals surface area contributed by atoms with Gasteiger partial charge in [-0.15, -0.1) is 0 Å². The molecule has 2 aromatic rings. The summed E-state index contributed by atoms with van der Waals surface area (Å²) in [6, 6.07) is 14.3. The highest BCUT2D eigenvalue weighted by Gasteiger charge is 2.22. The van der Waals surface area contributed by atoms with Crippen molar-refractivity contribution < 1.29 is 19.0 Å². The molecule has 0 saturated heterocycles. The van der Waals surface area contributed by atoms with Crippen molar-refractivity contribution >= 4 is 6.09 Å². The first-order chi connectivity index (χ1) is 12.8. The van der Waals surface area contributed by atoms with Crippen LogP contribution in [0.2, 0.25) is 0 Å². The molecule has 5 heteroatoms. The Morgan fingerprint density at radius 2 is 1.78 bits per heavy atom. The number of aliphatic hydroxyl groups is 1. The molecule has 2 rings (SSSR count). The van der Waals surface area contributed by atoms with Crippen LogP contribution in [-0.4, -0.2) is 34.9 Å². The van der Waals surface area contributed by atoms with Crippen molar-refractivity contribution in [2.75, 3.05) is 13.2 Å². The second kappa shape index (κ2) is 9.51. The Labute approximate surface area is 160 Å². The molecule has 0 bridgehead atoms. The molecule has 0 spiro atoms. The fourth-order valence-electron chi connectivity index (χ4n) is 2.75. The molecule has 27 heavy (non-hydrogen) atoms. The van der Waals surface area contributed by atoms with E-state index >= 15 is 0 Å². The van der Waals surface area contributed by atoms with Gasteiger partial charge in [-0.1, -0.05) is 42.5 Å². The molecule has 2 aromatic carbocycles. The van der Waals surface area contributed by atoms with Crippen LogP contribution >= 0.6 is 0 Å². The standard InChI is InChI=1S/C22H28FNO3/c1-22(2,3)27-21(26)24(13-11-19-9-4-5-10-20(19)23)16-18-8-6-7-17(15-18)12-14-25/h4-10,15,25H,11-14,16H2,1-3H3. The molecule has 0 atom stereocenters. The SMILES string of the molecule is CC(C)(C)OC(=O)N(CCc1ccccc1F)Cc1cccc(CCO)c1. The average molecular weight is 373 g/mol. The van der Waals surface area contributed by atoms with Crippen molar-refractivity contribution in [1.82, 2.24) is 4.90 Å². The van der Waals surface area contributed by atoms with Gasteiger partial charge in [-0.05, 0) is 56.4 Å². The van der Waals surface area contributed by atoms with Gasteiger partial charge in [-0.25, -0.2) is 9.18 Å².